The Morgan fingerprint density at radius 2 is 2.10 bits per heavy atom. The SMILES string of the molecule is CCCN(C)c1nc(N)c(C(=O)NCC(=O)NC(C)C)s1. The van der Waals surface area contributed by atoms with Crippen LogP contribution in [0.3, 0.4) is 0 Å². The van der Waals surface area contributed by atoms with E-state index in [0.717, 1.165) is 13.0 Å². The number of nitrogens with two attached hydrogens (primary N) is 1. The number of thiazole rings is 1. The summed E-state index contributed by atoms with van der Waals surface area (Å²) in [6, 6.07) is 0.0390. The van der Waals surface area contributed by atoms with Gasteiger partial charge in [0.15, 0.2) is 5.13 Å². The van der Waals surface area contributed by atoms with Crippen LogP contribution in [0.5, 0.6) is 0 Å². The lowest BCUT2D eigenvalue weighted by molar-refractivity contribution is -0.120. The Labute approximate surface area is 128 Å². The summed E-state index contributed by atoms with van der Waals surface area (Å²) in [5.41, 5.74) is 5.77. The Bertz CT molecular complexity index is 501. The quantitative estimate of drug-likeness (QED) is 0.692. The average Bonchev–Trinajstić information content (AvgIpc) is 2.78. The van der Waals surface area contributed by atoms with Crippen LogP contribution >= 0.6 is 11.3 Å². The van der Waals surface area contributed by atoms with Gasteiger partial charge in [-0.05, 0) is 20.3 Å². The van der Waals surface area contributed by atoms with Gasteiger partial charge >= 0.3 is 0 Å². The number of hydrogen-bond acceptors (Lipinski definition) is 6. The highest BCUT2D eigenvalue weighted by Gasteiger charge is 2.18. The van der Waals surface area contributed by atoms with Gasteiger partial charge in [-0.15, -0.1) is 0 Å². The molecule has 7 nitrogen and oxygen atoms in total. The van der Waals surface area contributed by atoms with Crippen LogP contribution in [0.1, 0.15) is 36.9 Å². The highest BCUT2D eigenvalue weighted by Crippen LogP contribution is 2.27. The van der Waals surface area contributed by atoms with E-state index in [1.807, 2.05) is 25.8 Å². The number of anilines is 2. The van der Waals surface area contributed by atoms with Crippen molar-refractivity contribution in [3.63, 3.8) is 0 Å². The molecule has 8 heteroatoms. The predicted molar refractivity (Wildman–Crippen MR) is 85.7 cm³/mol. The molecule has 1 aromatic heterocycles. The van der Waals surface area contributed by atoms with Crippen molar-refractivity contribution in [2.75, 3.05) is 30.8 Å². The van der Waals surface area contributed by atoms with E-state index in [2.05, 4.69) is 22.5 Å². The number of nitrogens with one attached hydrogen (secondary N) is 2. The minimum Gasteiger partial charge on any atom is -0.382 e. The van der Waals surface area contributed by atoms with Gasteiger partial charge in [0, 0.05) is 19.6 Å². The first-order valence-electron chi connectivity index (χ1n) is 6.90. The highest BCUT2D eigenvalue weighted by molar-refractivity contribution is 7.18. The standard InChI is InChI=1S/C13H23N5O2S/c1-5-6-18(4)13-17-11(14)10(21-13)12(20)15-7-9(19)16-8(2)3/h8H,5-7,14H2,1-4H3,(H,15,20)(H,16,19). The molecule has 2 amide bonds. The summed E-state index contributed by atoms with van der Waals surface area (Å²) in [6.45, 7) is 6.54. The van der Waals surface area contributed by atoms with Gasteiger partial charge in [0.2, 0.25) is 5.91 Å². The summed E-state index contributed by atoms with van der Waals surface area (Å²) < 4.78 is 0. The molecule has 0 unspecified atom stereocenters. The normalized spacial score (nSPS) is 10.5. The smallest absolute Gasteiger partial charge is 0.265 e. The molecule has 1 heterocycles. The number of nitrogen functional groups attached to an aromatic ring is 1. The lowest BCUT2D eigenvalue weighted by Crippen LogP contribution is -2.39. The maximum atomic E-state index is 12.0. The molecular weight excluding hydrogens is 290 g/mol. The molecule has 118 valence electrons. The van der Waals surface area contributed by atoms with Crippen molar-refractivity contribution in [1.29, 1.82) is 0 Å². The molecule has 0 bridgehead atoms. The molecule has 0 aliphatic rings. The van der Waals surface area contributed by atoms with E-state index in [0.29, 0.717) is 10.0 Å². The molecule has 1 aromatic rings. The van der Waals surface area contributed by atoms with Crippen LogP contribution in [-0.2, 0) is 4.79 Å². The fourth-order valence-corrected chi connectivity index (χ4v) is 2.58. The van der Waals surface area contributed by atoms with Crippen LogP contribution < -0.4 is 21.3 Å². The molecule has 0 aliphatic carbocycles. The summed E-state index contributed by atoms with van der Waals surface area (Å²) in [5.74, 6) is -0.412. The molecule has 0 radical (unpaired) electrons. The molecule has 0 aliphatic heterocycles. The van der Waals surface area contributed by atoms with Crippen LogP contribution in [-0.4, -0.2) is 43.0 Å². The molecular formula is C13H23N5O2S. The summed E-state index contributed by atoms with van der Waals surface area (Å²) in [4.78, 5) is 30.0. The van der Waals surface area contributed by atoms with Crippen LogP contribution in [0.25, 0.3) is 0 Å². The first-order valence-corrected chi connectivity index (χ1v) is 7.71. The summed E-state index contributed by atoms with van der Waals surface area (Å²) in [7, 11) is 1.90. The first-order chi connectivity index (χ1) is 9.85. The zero-order chi connectivity index (χ0) is 16.0. The largest absolute Gasteiger partial charge is 0.382 e. The summed E-state index contributed by atoms with van der Waals surface area (Å²) in [5, 5.41) is 5.95. The molecule has 0 saturated carbocycles. The second kappa shape index (κ2) is 7.82. The van der Waals surface area contributed by atoms with Crippen LogP contribution in [0, 0.1) is 0 Å². The minimum absolute atomic E-state index is 0.0390. The van der Waals surface area contributed by atoms with Crippen molar-refractivity contribution < 1.29 is 9.59 Å². The lowest BCUT2D eigenvalue weighted by atomic mass is 10.4. The van der Waals surface area contributed by atoms with Crippen molar-refractivity contribution >= 4 is 34.1 Å². The fraction of sp³-hybridized carbons (Fsp3) is 0.615. The Balaban J connectivity index is 2.64. The highest BCUT2D eigenvalue weighted by atomic mass is 32.1. The number of carbonyl (C=O) groups is 2. The second-order valence-corrected chi connectivity index (χ2v) is 6.01. The number of amides is 2. The van der Waals surface area contributed by atoms with E-state index < -0.39 is 0 Å². The first kappa shape index (κ1) is 17.2. The predicted octanol–water partition coefficient (Wildman–Crippen LogP) is 0.826. The van der Waals surface area contributed by atoms with E-state index in [4.69, 9.17) is 5.73 Å². The molecule has 0 atom stereocenters. The molecule has 1 rings (SSSR count). The number of carbonyl (C=O) groups excluding carboxylic acids is 2. The van der Waals surface area contributed by atoms with E-state index in [-0.39, 0.29) is 30.2 Å². The van der Waals surface area contributed by atoms with Crippen LogP contribution in [0.15, 0.2) is 0 Å². The van der Waals surface area contributed by atoms with Gasteiger partial charge in [0.1, 0.15) is 10.7 Å². The van der Waals surface area contributed by atoms with Crippen molar-refractivity contribution in [1.82, 2.24) is 15.6 Å². The summed E-state index contributed by atoms with van der Waals surface area (Å²) >= 11 is 1.23. The fourth-order valence-electron chi connectivity index (χ4n) is 1.69. The second-order valence-electron chi connectivity index (χ2n) is 5.04. The number of rotatable bonds is 7. The van der Waals surface area contributed by atoms with Gasteiger partial charge in [-0.2, -0.15) is 0 Å². The van der Waals surface area contributed by atoms with E-state index in [1.54, 1.807) is 0 Å². The molecule has 21 heavy (non-hydrogen) atoms. The average molecular weight is 313 g/mol. The van der Waals surface area contributed by atoms with Gasteiger partial charge in [-0.1, -0.05) is 18.3 Å². The van der Waals surface area contributed by atoms with Gasteiger partial charge in [0.05, 0.1) is 6.54 Å². The molecule has 0 aromatic carbocycles. The Morgan fingerprint density at radius 3 is 2.67 bits per heavy atom. The topological polar surface area (TPSA) is 100 Å². The number of hydrogen-bond donors (Lipinski definition) is 3. The Hall–Kier alpha value is -1.83. The maximum absolute atomic E-state index is 12.0. The van der Waals surface area contributed by atoms with Crippen molar-refractivity contribution in [3.05, 3.63) is 4.88 Å². The van der Waals surface area contributed by atoms with E-state index in [9.17, 15) is 9.59 Å². The molecule has 0 saturated heterocycles. The Morgan fingerprint density at radius 1 is 1.43 bits per heavy atom. The van der Waals surface area contributed by atoms with Crippen molar-refractivity contribution in [3.8, 4) is 0 Å². The summed E-state index contributed by atoms with van der Waals surface area (Å²) in [6.07, 6.45) is 0.979. The third-order valence-electron chi connectivity index (χ3n) is 2.59. The molecule has 4 N–H and O–H groups in total. The maximum Gasteiger partial charge on any atom is 0.265 e. The van der Waals surface area contributed by atoms with E-state index in [1.165, 1.54) is 11.3 Å². The third-order valence-corrected chi connectivity index (χ3v) is 3.78. The van der Waals surface area contributed by atoms with E-state index >= 15 is 0 Å². The third kappa shape index (κ3) is 5.22. The number of nitrogens with zero attached hydrogens (tertiary/aromatic N) is 2. The molecule has 0 spiro atoms. The minimum atomic E-state index is -0.375. The van der Waals surface area contributed by atoms with Gasteiger partial charge in [-0.25, -0.2) is 4.98 Å². The zero-order valence-electron chi connectivity index (χ0n) is 12.9. The molecule has 0 fully saturated rings. The van der Waals surface area contributed by atoms with Gasteiger partial charge in [0.25, 0.3) is 5.91 Å². The van der Waals surface area contributed by atoms with Gasteiger partial charge in [-0.3, -0.25) is 9.59 Å². The van der Waals surface area contributed by atoms with Crippen LogP contribution in [0.2, 0.25) is 0 Å². The lowest BCUT2D eigenvalue weighted by Gasteiger charge is -2.13. The zero-order valence-corrected chi connectivity index (χ0v) is 13.7. The monoisotopic (exact) mass is 313 g/mol. The van der Waals surface area contributed by atoms with Crippen molar-refractivity contribution in [2.45, 2.75) is 33.2 Å². The Kier molecular flexibility index (Phi) is 6.41. The van der Waals surface area contributed by atoms with Crippen molar-refractivity contribution in [2.24, 2.45) is 0 Å². The number of aromatic nitrogens is 1. The van der Waals surface area contributed by atoms with Crippen LogP contribution in [0.4, 0.5) is 10.9 Å². The van der Waals surface area contributed by atoms with Gasteiger partial charge < -0.3 is 21.3 Å².